The molecule has 0 aromatic heterocycles. The van der Waals surface area contributed by atoms with Crippen LogP contribution in [-0.4, -0.2) is 13.1 Å². The Bertz CT molecular complexity index is 578. The highest BCUT2D eigenvalue weighted by Crippen LogP contribution is 2.16. The molecule has 0 atom stereocenters. The normalized spacial score (nSPS) is 10.0. The van der Waals surface area contributed by atoms with Gasteiger partial charge in [-0.25, -0.2) is 4.79 Å². The van der Waals surface area contributed by atoms with Crippen molar-refractivity contribution in [1.82, 2.24) is 0 Å². The highest BCUT2D eigenvalue weighted by Gasteiger charge is 2.10. The third-order valence-electron chi connectivity index (χ3n) is 2.86. The third-order valence-corrected chi connectivity index (χ3v) is 2.86. The smallest absolute Gasteiger partial charge is 0.326 e. The molecule has 0 aliphatic heterocycles. The van der Waals surface area contributed by atoms with Crippen LogP contribution in [0.1, 0.15) is 5.56 Å². The number of rotatable bonds is 2. The molecule has 4 heteroatoms. The average molecular weight is 255 g/mol. The maximum absolute atomic E-state index is 12.1. The van der Waals surface area contributed by atoms with Gasteiger partial charge in [-0.1, -0.05) is 23.8 Å². The standard InChI is InChI=1S/C15H17N3O/c1-11-6-8-14(9-7-11)18(2)15(19)17-13-5-3-4-12(16)10-13/h3-10H,16H2,1-2H3,(H,17,19). The van der Waals surface area contributed by atoms with E-state index in [1.54, 1.807) is 36.2 Å². The van der Waals surface area contributed by atoms with Crippen LogP contribution in [0, 0.1) is 6.92 Å². The third kappa shape index (κ3) is 3.25. The van der Waals surface area contributed by atoms with Gasteiger partial charge in [0.05, 0.1) is 0 Å². The van der Waals surface area contributed by atoms with E-state index in [1.807, 2.05) is 31.2 Å². The number of hydrogen-bond donors (Lipinski definition) is 2. The monoisotopic (exact) mass is 255 g/mol. The molecular weight excluding hydrogens is 238 g/mol. The number of carbonyl (C=O) groups is 1. The zero-order chi connectivity index (χ0) is 13.8. The number of nitrogens with one attached hydrogen (secondary N) is 1. The lowest BCUT2D eigenvalue weighted by Crippen LogP contribution is -2.31. The number of hydrogen-bond acceptors (Lipinski definition) is 2. The summed E-state index contributed by atoms with van der Waals surface area (Å²) in [5.74, 6) is 0. The van der Waals surface area contributed by atoms with Crippen molar-refractivity contribution in [1.29, 1.82) is 0 Å². The Morgan fingerprint density at radius 1 is 1.16 bits per heavy atom. The molecule has 2 rings (SSSR count). The van der Waals surface area contributed by atoms with Gasteiger partial charge in [0.25, 0.3) is 0 Å². The summed E-state index contributed by atoms with van der Waals surface area (Å²) in [4.78, 5) is 13.6. The summed E-state index contributed by atoms with van der Waals surface area (Å²) in [7, 11) is 1.73. The Morgan fingerprint density at radius 2 is 1.84 bits per heavy atom. The molecule has 0 radical (unpaired) electrons. The molecule has 0 heterocycles. The number of anilines is 3. The molecule has 0 bridgehead atoms. The molecule has 3 N–H and O–H groups in total. The van der Waals surface area contributed by atoms with Gasteiger partial charge in [-0.15, -0.1) is 0 Å². The second-order valence-electron chi connectivity index (χ2n) is 4.45. The molecule has 2 aromatic rings. The highest BCUT2D eigenvalue weighted by atomic mass is 16.2. The van der Waals surface area contributed by atoms with Gasteiger partial charge < -0.3 is 11.1 Å². The lowest BCUT2D eigenvalue weighted by Gasteiger charge is -2.18. The topological polar surface area (TPSA) is 58.4 Å². The summed E-state index contributed by atoms with van der Waals surface area (Å²) < 4.78 is 0. The maximum atomic E-state index is 12.1. The number of urea groups is 1. The quantitative estimate of drug-likeness (QED) is 0.809. The highest BCUT2D eigenvalue weighted by molar-refractivity contribution is 6.01. The van der Waals surface area contributed by atoms with Crippen LogP contribution in [0.3, 0.4) is 0 Å². The number of amides is 2. The number of nitrogens with zero attached hydrogens (tertiary/aromatic N) is 1. The van der Waals surface area contributed by atoms with Crippen LogP contribution in [0.5, 0.6) is 0 Å². The van der Waals surface area contributed by atoms with Gasteiger partial charge in [-0.05, 0) is 37.3 Å². The minimum Gasteiger partial charge on any atom is -0.399 e. The van der Waals surface area contributed by atoms with E-state index in [1.165, 1.54) is 0 Å². The van der Waals surface area contributed by atoms with E-state index < -0.39 is 0 Å². The van der Waals surface area contributed by atoms with Crippen molar-refractivity contribution in [2.75, 3.05) is 23.0 Å². The van der Waals surface area contributed by atoms with E-state index in [0.29, 0.717) is 11.4 Å². The van der Waals surface area contributed by atoms with Crippen molar-refractivity contribution in [2.24, 2.45) is 0 Å². The van der Waals surface area contributed by atoms with Crippen molar-refractivity contribution < 1.29 is 4.79 Å². The van der Waals surface area contributed by atoms with Gasteiger partial charge in [0.2, 0.25) is 0 Å². The summed E-state index contributed by atoms with van der Waals surface area (Å²) in [6, 6.07) is 14.7. The minimum absolute atomic E-state index is 0.200. The van der Waals surface area contributed by atoms with Crippen LogP contribution in [0.25, 0.3) is 0 Å². The average Bonchev–Trinajstić information content (AvgIpc) is 2.39. The zero-order valence-corrected chi connectivity index (χ0v) is 11.1. The lowest BCUT2D eigenvalue weighted by molar-refractivity contribution is 0.258. The van der Waals surface area contributed by atoms with E-state index in [-0.39, 0.29) is 6.03 Å². The molecule has 0 unspecified atom stereocenters. The Balaban J connectivity index is 2.09. The van der Waals surface area contributed by atoms with Crippen LogP contribution in [0.2, 0.25) is 0 Å². The molecule has 98 valence electrons. The summed E-state index contributed by atoms with van der Waals surface area (Å²) in [6.45, 7) is 2.01. The first kappa shape index (κ1) is 13.0. The molecular formula is C15H17N3O. The van der Waals surface area contributed by atoms with E-state index in [9.17, 15) is 4.79 Å². The fourth-order valence-corrected chi connectivity index (χ4v) is 1.71. The SMILES string of the molecule is Cc1ccc(N(C)C(=O)Nc2cccc(N)c2)cc1. The van der Waals surface area contributed by atoms with E-state index in [2.05, 4.69) is 5.32 Å². The second-order valence-corrected chi connectivity index (χ2v) is 4.45. The molecule has 4 nitrogen and oxygen atoms in total. The number of benzene rings is 2. The summed E-state index contributed by atoms with van der Waals surface area (Å²) >= 11 is 0. The van der Waals surface area contributed by atoms with Crippen molar-refractivity contribution in [3.8, 4) is 0 Å². The van der Waals surface area contributed by atoms with Crippen molar-refractivity contribution in [3.05, 3.63) is 54.1 Å². The van der Waals surface area contributed by atoms with Crippen molar-refractivity contribution >= 4 is 23.1 Å². The van der Waals surface area contributed by atoms with Crippen molar-refractivity contribution in [2.45, 2.75) is 6.92 Å². The first-order chi connectivity index (χ1) is 9.06. The predicted octanol–water partition coefficient (Wildman–Crippen LogP) is 3.25. The second kappa shape index (κ2) is 5.44. The Hall–Kier alpha value is -2.49. The molecule has 0 aliphatic carbocycles. The van der Waals surface area contributed by atoms with Crippen LogP contribution in [0.15, 0.2) is 48.5 Å². The van der Waals surface area contributed by atoms with E-state index >= 15 is 0 Å². The summed E-state index contributed by atoms with van der Waals surface area (Å²) in [5.41, 5.74) is 8.98. The zero-order valence-electron chi connectivity index (χ0n) is 11.1. The largest absolute Gasteiger partial charge is 0.399 e. The van der Waals surface area contributed by atoms with E-state index in [4.69, 9.17) is 5.73 Å². The Kier molecular flexibility index (Phi) is 3.71. The number of nitrogens with two attached hydrogens (primary N) is 1. The first-order valence-corrected chi connectivity index (χ1v) is 6.03. The van der Waals surface area contributed by atoms with Gasteiger partial charge in [0.15, 0.2) is 0 Å². The molecule has 0 aliphatic rings. The maximum Gasteiger partial charge on any atom is 0.326 e. The molecule has 0 spiro atoms. The molecule has 0 saturated carbocycles. The molecule has 2 amide bonds. The number of nitrogen functional groups attached to an aromatic ring is 1. The van der Waals surface area contributed by atoms with Gasteiger partial charge in [-0.3, -0.25) is 4.90 Å². The van der Waals surface area contributed by atoms with Gasteiger partial charge in [0, 0.05) is 24.1 Å². The Labute approximate surface area is 112 Å². The Morgan fingerprint density at radius 3 is 2.47 bits per heavy atom. The van der Waals surface area contributed by atoms with Gasteiger partial charge in [0.1, 0.15) is 0 Å². The summed E-state index contributed by atoms with van der Waals surface area (Å²) in [5, 5.41) is 2.80. The lowest BCUT2D eigenvalue weighted by atomic mass is 10.2. The van der Waals surface area contributed by atoms with Crippen LogP contribution >= 0.6 is 0 Å². The van der Waals surface area contributed by atoms with E-state index in [0.717, 1.165) is 11.3 Å². The molecule has 2 aromatic carbocycles. The van der Waals surface area contributed by atoms with Crippen LogP contribution < -0.4 is 16.0 Å². The first-order valence-electron chi connectivity index (χ1n) is 6.03. The fraction of sp³-hybridized carbons (Fsp3) is 0.133. The summed E-state index contributed by atoms with van der Waals surface area (Å²) in [6.07, 6.45) is 0. The van der Waals surface area contributed by atoms with Crippen molar-refractivity contribution in [3.63, 3.8) is 0 Å². The number of aryl methyl sites for hydroxylation is 1. The van der Waals surface area contributed by atoms with Crippen LogP contribution in [0.4, 0.5) is 21.9 Å². The van der Waals surface area contributed by atoms with Crippen LogP contribution in [-0.2, 0) is 0 Å². The fourth-order valence-electron chi connectivity index (χ4n) is 1.71. The number of carbonyl (C=O) groups excluding carboxylic acids is 1. The minimum atomic E-state index is -0.200. The predicted molar refractivity (Wildman–Crippen MR) is 79.5 cm³/mol. The molecule has 0 fully saturated rings. The molecule has 0 saturated heterocycles. The molecule has 19 heavy (non-hydrogen) atoms. The van der Waals surface area contributed by atoms with Gasteiger partial charge in [-0.2, -0.15) is 0 Å². The van der Waals surface area contributed by atoms with Gasteiger partial charge >= 0.3 is 6.03 Å².